The lowest BCUT2D eigenvalue weighted by Gasteiger charge is -2.50. The first-order valence-corrected chi connectivity index (χ1v) is 8.99. The Morgan fingerprint density at radius 1 is 1.24 bits per heavy atom. The summed E-state index contributed by atoms with van der Waals surface area (Å²) in [7, 11) is 1.64. The number of hydrogen-bond acceptors (Lipinski definition) is 5. The maximum atomic E-state index is 11.5. The lowest BCUT2D eigenvalue weighted by atomic mass is 9.65. The van der Waals surface area contributed by atoms with Gasteiger partial charge >= 0.3 is 0 Å². The highest BCUT2D eigenvalue weighted by atomic mass is 16.7. The second kappa shape index (κ2) is 5.71. The molecule has 2 fully saturated rings. The number of carbonyl (C=O) groups excluding carboxylic acids is 1. The predicted molar refractivity (Wildman–Crippen MR) is 92.0 cm³/mol. The van der Waals surface area contributed by atoms with Crippen molar-refractivity contribution >= 4 is 6.29 Å². The monoisotopic (exact) mass is 346 g/mol. The summed E-state index contributed by atoms with van der Waals surface area (Å²) in [6.07, 6.45) is 3.52. The van der Waals surface area contributed by atoms with Crippen molar-refractivity contribution in [2.45, 2.75) is 56.8 Å². The molecule has 1 aromatic rings. The Morgan fingerprint density at radius 2 is 2.00 bits per heavy atom. The van der Waals surface area contributed by atoms with Crippen LogP contribution in [0.25, 0.3) is 0 Å². The highest BCUT2D eigenvalue weighted by Crippen LogP contribution is 2.57. The van der Waals surface area contributed by atoms with Crippen molar-refractivity contribution in [2.75, 3.05) is 20.3 Å². The maximum Gasteiger partial charge on any atom is 0.171 e. The average Bonchev–Trinajstić information content (AvgIpc) is 2.92. The van der Waals surface area contributed by atoms with E-state index < -0.39 is 5.79 Å². The molecule has 1 saturated heterocycles. The molecule has 2 atom stereocenters. The van der Waals surface area contributed by atoms with Gasteiger partial charge in [-0.1, -0.05) is 26.0 Å². The Labute approximate surface area is 148 Å². The van der Waals surface area contributed by atoms with Gasteiger partial charge in [-0.3, -0.25) is 0 Å². The van der Waals surface area contributed by atoms with Crippen LogP contribution in [0.5, 0.6) is 11.5 Å². The van der Waals surface area contributed by atoms with Gasteiger partial charge in [0.1, 0.15) is 12.4 Å². The van der Waals surface area contributed by atoms with E-state index in [9.17, 15) is 4.79 Å². The van der Waals surface area contributed by atoms with Crippen LogP contribution in [0.15, 0.2) is 18.2 Å². The summed E-state index contributed by atoms with van der Waals surface area (Å²) in [4.78, 5) is 11.5. The zero-order valence-electron chi connectivity index (χ0n) is 15.2. The highest BCUT2D eigenvalue weighted by molar-refractivity contribution is 5.61. The summed E-state index contributed by atoms with van der Waals surface area (Å²) in [6.45, 7) is 5.64. The third-order valence-corrected chi connectivity index (χ3v) is 5.96. The van der Waals surface area contributed by atoms with Crippen LogP contribution >= 0.6 is 0 Å². The summed E-state index contributed by atoms with van der Waals surface area (Å²) in [5, 5.41) is 0. The molecule has 1 aromatic carbocycles. The summed E-state index contributed by atoms with van der Waals surface area (Å²) >= 11 is 0. The second-order valence-electron chi connectivity index (χ2n) is 8.33. The fourth-order valence-electron chi connectivity index (χ4n) is 4.44. The molecule has 1 spiro atoms. The van der Waals surface area contributed by atoms with Gasteiger partial charge in [0.25, 0.3) is 0 Å². The van der Waals surface area contributed by atoms with Crippen LogP contribution in [0, 0.1) is 5.41 Å². The van der Waals surface area contributed by atoms with Gasteiger partial charge < -0.3 is 23.7 Å². The van der Waals surface area contributed by atoms with Crippen molar-refractivity contribution in [2.24, 2.45) is 5.41 Å². The molecule has 0 amide bonds. The van der Waals surface area contributed by atoms with Crippen LogP contribution in [-0.2, 0) is 19.7 Å². The second-order valence-corrected chi connectivity index (χ2v) is 8.33. The lowest BCUT2D eigenvalue weighted by molar-refractivity contribution is -0.320. The van der Waals surface area contributed by atoms with Crippen LogP contribution in [0.3, 0.4) is 0 Å². The molecular formula is C20H26O5. The van der Waals surface area contributed by atoms with Crippen molar-refractivity contribution in [1.29, 1.82) is 0 Å². The van der Waals surface area contributed by atoms with Gasteiger partial charge in [0.2, 0.25) is 0 Å². The Morgan fingerprint density at radius 3 is 2.68 bits per heavy atom. The number of carbonyl (C=O) groups is 1. The molecule has 5 nitrogen and oxygen atoms in total. The lowest BCUT2D eigenvalue weighted by Crippen LogP contribution is -2.56. The number of para-hydroxylation sites is 1. The van der Waals surface area contributed by atoms with Crippen molar-refractivity contribution in [3.8, 4) is 11.5 Å². The topological polar surface area (TPSA) is 54.0 Å². The maximum absolute atomic E-state index is 11.5. The van der Waals surface area contributed by atoms with Crippen LogP contribution < -0.4 is 9.47 Å². The Balaban J connectivity index is 1.66. The van der Waals surface area contributed by atoms with Crippen LogP contribution in [0.1, 0.15) is 45.1 Å². The number of hydrogen-bond donors (Lipinski definition) is 0. The highest BCUT2D eigenvalue weighted by Gasteiger charge is 2.58. The molecule has 0 aromatic heterocycles. The molecule has 2 aliphatic heterocycles. The van der Waals surface area contributed by atoms with Crippen LogP contribution in [0.4, 0.5) is 0 Å². The predicted octanol–water partition coefficient (Wildman–Crippen LogP) is 3.24. The summed E-state index contributed by atoms with van der Waals surface area (Å²) in [5.41, 5.74) is 0.803. The fourth-order valence-corrected chi connectivity index (χ4v) is 4.44. The summed E-state index contributed by atoms with van der Waals surface area (Å²) in [5.74, 6) is 0.893. The first-order valence-electron chi connectivity index (χ1n) is 8.99. The van der Waals surface area contributed by atoms with Gasteiger partial charge in [0.15, 0.2) is 17.3 Å². The number of ether oxygens (including phenoxy) is 4. The number of benzene rings is 1. The molecule has 3 aliphatic rings. The molecule has 0 bridgehead atoms. The Bertz CT molecular complexity index is 673. The van der Waals surface area contributed by atoms with Crippen LogP contribution in [0.2, 0.25) is 0 Å². The van der Waals surface area contributed by atoms with Gasteiger partial charge in [0, 0.05) is 35.7 Å². The smallest absolute Gasteiger partial charge is 0.171 e. The zero-order chi connectivity index (χ0) is 17.7. The number of rotatable bonds is 3. The van der Waals surface area contributed by atoms with E-state index in [1.54, 1.807) is 7.11 Å². The quantitative estimate of drug-likeness (QED) is 0.787. The first kappa shape index (κ1) is 16.9. The Hall–Kier alpha value is -1.59. The van der Waals surface area contributed by atoms with E-state index in [0.717, 1.165) is 36.2 Å². The van der Waals surface area contributed by atoms with Gasteiger partial charge in [-0.15, -0.1) is 0 Å². The largest absolute Gasteiger partial charge is 0.493 e. The molecule has 25 heavy (non-hydrogen) atoms. The van der Waals surface area contributed by atoms with E-state index >= 15 is 0 Å². The van der Waals surface area contributed by atoms with Crippen LogP contribution in [-0.4, -0.2) is 38.5 Å². The molecule has 2 heterocycles. The summed E-state index contributed by atoms with van der Waals surface area (Å²) in [6, 6.07) is 5.93. The van der Waals surface area contributed by atoms with E-state index in [1.807, 2.05) is 12.1 Å². The van der Waals surface area contributed by atoms with Crippen molar-refractivity contribution in [3.63, 3.8) is 0 Å². The third kappa shape index (κ3) is 2.56. The minimum absolute atomic E-state index is 0.0330. The number of methoxy groups -OCH3 is 1. The van der Waals surface area contributed by atoms with E-state index in [1.165, 1.54) is 0 Å². The number of aldehydes is 1. The van der Waals surface area contributed by atoms with Crippen molar-refractivity contribution in [1.82, 2.24) is 0 Å². The van der Waals surface area contributed by atoms with Crippen molar-refractivity contribution < 1.29 is 23.7 Å². The molecule has 0 unspecified atom stereocenters. The van der Waals surface area contributed by atoms with E-state index in [4.69, 9.17) is 18.9 Å². The average molecular weight is 346 g/mol. The summed E-state index contributed by atoms with van der Waals surface area (Å²) < 4.78 is 24.2. The van der Waals surface area contributed by atoms with E-state index in [-0.39, 0.29) is 16.9 Å². The van der Waals surface area contributed by atoms with Crippen molar-refractivity contribution in [3.05, 3.63) is 23.8 Å². The molecule has 5 heteroatoms. The van der Waals surface area contributed by atoms with E-state index in [0.29, 0.717) is 26.1 Å². The standard InChI is InChI=1S/C20H26O5/c1-18(2)12-23-20(24-13-18)8-7-19(9-10-21)14-5-4-6-15(22-3)17(14)25-16(19)11-20/h4-6,10,16H,7-9,11-13H2,1-3H3/t16-,19+/m0/s1. The van der Waals surface area contributed by atoms with E-state index in [2.05, 4.69) is 19.9 Å². The zero-order valence-corrected chi connectivity index (χ0v) is 15.2. The molecule has 4 rings (SSSR count). The van der Waals surface area contributed by atoms with Gasteiger partial charge in [-0.05, 0) is 12.5 Å². The normalized spacial score (nSPS) is 31.7. The number of fused-ring (bicyclic) bond motifs is 3. The van der Waals surface area contributed by atoms with Gasteiger partial charge in [0.05, 0.1) is 20.3 Å². The molecule has 1 saturated carbocycles. The van der Waals surface area contributed by atoms with Gasteiger partial charge in [-0.25, -0.2) is 0 Å². The molecule has 1 aliphatic carbocycles. The fraction of sp³-hybridized carbons (Fsp3) is 0.650. The molecular weight excluding hydrogens is 320 g/mol. The minimum atomic E-state index is -0.595. The SMILES string of the molecule is COc1cccc2c1O[C@H]1CC3(CC[C@@]21CC=O)OCC(C)(C)CO3. The molecule has 0 radical (unpaired) electrons. The first-order chi connectivity index (χ1) is 11.9. The minimum Gasteiger partial charge on any atom is -0.493 e. The van der Waals surface area contributed by atoms with Gasteiger partial charge in [-0.2, -0.15) is 0 Å². The Kier molecular flexibility index (Phi) is 3.85. The molecule has 136 valence electrons. The third-order valence-electron chi connectivity index (χ3n) is 5.96. The molecule has 0 N–H and O–H groups in total.